The Bertz CT molecular complexity index is 93.0. The van der Waals surface area contributed by atoms with E-state index in [1.54, 1.807) is 0 Å². The lowest BCUT2D eigenvalue weighted by Crippen LogP contribution is -2.27. The van der Waals surface area contributed by atoms with Gasteiger partial charge in [0.05, 0.1) is 0 Å². The third-order valence-corrected chi connectivity index (χ3v) is 2.28. The molecule has 1 heterocycles. The highest BCUT2D eigenvalue weighted by Crippen LogP contribution is 2.13. The summed E-state index contributed by atoms with van der Waals surface area (Å²) in [6.45, 7) is 9.55. The minimum Gasteiger partial charge on any atom is -0.299 e. The monoisotopic (exact) mass is 154 g/mol. The van der Waals surface area contributed by atoms with Crippen molar-refractivity contribution in [2.24, 2.45) is 5.92 Å². The van der Waals surface area contributed by atoms with Gasteiger partial charge in [0, 0.05) is 6.54 Å². The van der Waals surface area contributed by atoms with Crippen LogP contribution < -0.4 is 0 Å². The molecule has 0 aromatic carbocycles. The van der Waals surface area contributed by atoms with Crippen molar-refractivity contribution >= 4 is 0 Å². The van der Waals surface area contributed by atoms with Crippen LogP contribution in [0.25, 0.3) is 0 Å². The Kier molecular flexibility index (Phi) is 3.92. The number of nitrogens with zero attached hydrogens (tertiary/aromatic N) is 1. The fourth-order valence-electron chi connectivity index (χ4n) is 1.45. The van der Waals surface area contributed by atoms with E-state index in [1.165, 1.54) is 38.8 Å². The van der Waals surface area contributed by atoms with Crippen molar-refractivity contribution in [3.05, 3.63) is 6.54 Å². The van der Waals surface area contributed by atoms with Gasteiger partial charge in [-0.05, 0) is 38.3 Å². The molecule has 1 aliphatic rings. The Morgan fingerprint density at radius 1 is 1.36 bits per heavy atom. The fraction of sp³-hybridized carbons (Fsp3) is 0.900. The summed E-state index contributed by atoms with van der Waals surface area (Å²) in [4.78, 5) is 2.49. The van der Waals surface area contributed by atoms with E-state index in [1.807, 2.05) is 0 Å². The summed E-state index contributed by atoms with van der Waals surface area (Å²) in [6, 6.07) is 0. The maximum absolute atomic E-state index is 2.49. The molecule has 0 bridgehead atoms. The van der Waals surface area contributed by atoms with Crippen LogP contribution in [0.2, 0.25) is 0 Å². The van der Waals surface area contributed by atoms with Gasteiger partial charge in [0.2, 0.25) is 0 Å². The molecule has 1 aliphatic heterocycles. The minimum absolute atomic E-state index is 0.852. The molecule has 1 rings (SSSR count). The highest BCUT2D eigenvalue weighted by atomic mass is 15.1. The standard InChI is InChI=1S/C10H20N/c1-10(2)6-9-11-7-4-3-5-8-11/h7,10H,3-6,8-9H2,1-2H3. The Balaban J connectivity index is 2.05. The molecule has 1 heteroatoms. The second-order valence-electron chi connectivity index (χ2n) is 3.90. The Labute approximate surface area is 70.8 Å². The third-order valence-electron chi connectivity index (χ3n) is 2.28. The second-order valence-corrected chi connectivity index (χ2v) is 3.90. The maximum atomic E-state index is 2.49. The van der Waals surface area contributed by atoms with Crippen LogP contribution >= 0.6 is 0 Å². The Morgan fingerprint density at radius 3 is 2.73 bits per heavy atom. The van der Waals surface area contributed by atoms with E-state index in [-0.39, 0.29) is 0 Å². The van der Waals surface area contributed by atoms with Gasteiger partial charge in [0.1, 0.15) is 0 Å². The zero-order valence-corrected chi connectivity index (χ0v) is 7.84. The van der Waals surface area contributed by atoms with Crippen LogP contribution in [0.1, 0.15) is 39.5 Å². The highest BCUT2D eigenvalue weighted by Gasteiger charge is 2.09. The SMILES string of the molecule is CC(C)CCN1[CH]CCCC1. The van der Waals surface area contributed by atoms with Crippen molar-refractivity contribution in [1.82, 2.24) is 4.90 Å². The lowest BCUT2D eigenvalue weighted by atomic mass is 10.1. The zero-order valence-electron chi connectivity index (χ0n) is 7.84. The summed E-state index contributed by atoms with van der Waals surface area (Å²) in [6.07, 6.45) is 5.45. The molecular formula is C10H20N. The van der Waals surface area contributed by atoms with E-state index in [0.29, 0.717) is 0 Å². The first-order chi connectivity index (χ1) is 5.29. The molecule has 0 saturated carbocycles. The summed E-state index contributed by atoms with van der Waals surface area (Å²) in [5, 5.41) is 0. The molecule has 0 atom stereocenters. The Morgan fingerprint density at radius 2 is 2.18 bits per heavy atom. The summed E-state index contributed by atoms with van der Waals surface area (Å²) in [5.41, 5.74) is 0. The molecular weight excluding hydrogens is 134 g/mol. The topological polar surface area (TPSA) is 3.24 Å². The van der Waals surface area contributed by atoms with Crippen LogP contribution in [0.5, 0.6) is 0 Å². The van der Waals surface area contributed by atoms with Gasteiger partial charge in [0.25, 0.3) is 0 Å². The first-order valence-corrected chi connectivity index (χ1v) is 4.86. The van der Waals surface area contributed by atoms with E-state index >= 15 is 0 Å². The number of piperidine rings is 1. The number of hydrogen-bond donors (Lipinski definition) is 0. The lowest BCUT2D eigenvalue weighted by Gasteiger charge is -2.26. The molecule has 1 fully saturated rings. The van der Waals surface area contributed by atoms with Crippen molar-refractivity contribution in [1.29, 1.82) is 0 Å². The van der Waals surface area contributed by atoms with Gasteiger partial charge in [-0.3, -0.25) is 4.90 Å². The molecule has 0 unspecified atom stereocenters. The first-order valence-electron chi connectivity index (χ1n) is 4.86. The van der Waals surface area contributed by atoms with Crippen molar-refractivity contribution in [3.8, 4) is 0 Å². The van der Waals surface area contributed by atoms with E-state index in [4.69, 9.17) is 0 Å². The summed E-state index contributed by atoms with van der Waals surface area (Å²) in [5.74, 6) is 0.852. The van der Waals surface area contributed by atoms with Crippen molar-refractivity contribution in [2.45, 2.75) is 39.5 Å². The van der Waals surface area contributed by atoms with E-state index in [2.05, 4.69) is 25.3 Å². The van der Waals surface area contributed by atoms with E-state index in [0.717, 1.165) is 5.92 Å². The number of rotatable bonds is 3. The molecule has 0 spiro atoms. The number of likely N-dealkylation sites (tertiary alicyclic amines) is 1. The normalized spacial score (nSPS) is 21.0. The van der Waals surface area contributed by atoms with Gasteiger partial charge in [-0.25, -0.2) is 0 Å². The predicted octanol–water partition coefficient (Wildman–Crippen LogP) is 2.68. The lowest BCUT2D eigenvalue weighted by molar-refractivity contribution is 0.266. The van der Waals surface area contributed by atoms with Crippen molar-refractivity contribution in [3.63, 3.8) is 0 Å². The number of hydrogen-bond acceptors (Lipinski definition) is 1. The molecule has 0 aliphatic carbocycles. The average molecular weight is 154 g/mol. The van der Waals surface area contributed by atoms with Gasteiger partial charge >= 0.3 is 0 Å². The summed E-state index contributed by atoms with van der Waals surface area (Å²) in [7, 11) is 0. The maximum Gasteiger partial charge on any atom is 0.0251 e. The van der Waals surface area contributed by atoms with E-state index < -0.39 is 0 Å². The van der Waals surface area contributed by atoms with Crippen LogP contribution in [-0.4, -0.2) is 18.0 Å². The molecule has 0 amide bonds. The minimum atomic E-state index is 0.852. The van der Waals surface area contributed by atoms with Gasteiger partial charge in [-0.2, -0.15) is 0 Å². The average Bonchev–Trinajstić information content (AvgIpc) is 2.03. The molecule has 0 N–H and O–H groups in total. The van der Waals surface area contributed by atoms with Gasteiger partial charge < -0.3 is 0 Å². The van der Waals surface area contributed by atoms with E-state index in [9.17, 15) is 0 Å². The van der Waals surface area contributed by atoms with Crippen LogP contribution in [0.3, 0.4) is 0 Å². The van der Waals surface area contributed by atoms with Crippen molar-refractivity contribution in [2.75, 3.05) is 13.1 Å². The summed E-state index contributed by atoms with van der Waals surface area (Å²) >= 11 is 0. The quantitative estimate of drug-likeness (QED) is 0.604. The molecule has 1 saturated heterocycles. The van der Waals surface area contributed by atoms with Crippen LogP contribution in [0.15, 0.2) is 0 Å². The third kappa shape index (κ3) is 3.76. The largest absolute Gasteiger partial charge is 0.299 e. The molecule has 1 radical (unpaired) electrons. The van der Waals surface area contributed by atoms with Crippen LogP contribution in [-0.2, 0) is 0 Å². The molecule has 0 aromatic rings. The molecule has 1 nitrogen and oxygen atoms in total. The van der Waals surface area contributed by atoms with Crippen LogP contribution in [0, 0.1) is 12.5 Å². The molecule has 11 heavy (non-hydrogen) atoms. The van der Waals surface area contributed by atoms with Gasteiger partial charge in [0.15, 0.2) is 0 Å². The van der Waals surface area contributed by atoms with Crippen LogP contribution in [0.4, 0.5) is 0 Å². The van der Waals surface area contributed by atoms with Gasteiger partial charge in [-0.1, -0.05) is 20.3 Å². The predicted molar refractivity (Wildman–Crippen MR) is 49.2 cm³/mol. The van der Waals surface area contributed by atoms with Crippen molar-refractivity contribution < 1.29 is 0 Å². The fourth-order valence-corrected chi connectivity index (χ4v) is 1.45. The second kappa shape index (κ2) is 4.76. The summed E-state index contributed by atoms with van der Waals surface area (Å²) < 4.78 is 0. The molecule has 0 aromatic heterocycles. The zero-order chi connectivity index (χ0) is 8.10. The molecule has 65 valence electrons. The smallest absolute Gasteiger partial charge is 0.0251 e. The Hall–Kier alpha value is -0.0400. The van der Waals surface area contributed by atoms with Gasteiger partial charge in [-0.15, -0.1) is 0 Å². The highest BCUT2D eigenvalue weighted by molar-refractivity contribution is 4.74. The first kappa shape index (κ1) is 9.05.